The lowest BCUT2D eigenvalue weighted by Crippen LogP contribution is -2.61. The van der Waals surface area contributed by atoms with Gasteiger partial charge in [0, 0.05) is 12.8 Å². The Morgan fingerprint density at radius 2 is 1.33 bits per heavy atom. The van der Waals surface area contributed by atoms with Gasteiger partial charge in [0.25, 0.3) is 11.8 Å². The molecule has 2 aliphatic carbocycles. The normalized spacial score (nSPS) is 45.5. The largest absolute Gasteiger partial charge is 0.292 e. The number of alkyl halides is 6. The molecule has 1 spiro atoms. The molecule has 0 aliphatic heterocycles. The Bertz CT molecular complexity index is 250. The summed E-state index contributed by atoms with van der Waals surface area (Å²) in [5, 5.41) is 0. The Labute approximate surface area is 75.8 Å². The van der Waals surface area contributed by atoms with E-state index < -0.39 is 34.4 Å². The van der Waals surface area contributed by atoms with Gasteiger partial charge in [0.1, 0.15) is 5.41 Å². The first-order chi connectivity index (χ1) is 5.16. The predicted molar refractivity (Wildman–Crippen MR) is 36.0 cm³/mol. The lowest BCUT2D eigenvalue weighted by Gasteiger charge is -2.47. The summed E-state index contributed by atoms with van der Waals surface area (Å²) in [4.78, 5) is 0. The van der Waals surface area contributed by atoms with Gasteiger partial charge in [-0.3, -0.25) is 0 Å². The third-order valence-electron chi connectivity index (χ3n) is 2.68. The van der Waals surface area contributed by atoms with E-state index in [-0.39, 0.29) is 0 Å². The molecule has 70 valence electrons. The van der Waals surface area contributed by atoms with E-state index in [1.54, 1.807) is 0 Å². The number of rotatable bonds is 0. The van der Waals surface area contributed by atoms with E-state index in [1.807, 2.05) is 0 Å². The van der Waals surface area contributed by atoms with Crippen LogP contribution in [-0.2, 0) is 0 Å². The van der Waals surface area contributed by atoms with E-state index in [0.717, 1.165) is 0 Å². The summed E-state index contributed by atoms with van der Waals surface area (Å²) in [7, 11) is 0. The molecule has 0 bridgehead atoms. The van der Waals surface area contributed by atoms with Crippen molar-refractivity contribution in [3.05, 3.63) is 0 Å². The van der Waals surface area contributed by atoms with Gasteiger partial charge in [-0.05, 0) is 0 Å². The minimum Gasteiger partial charge on any atom is -0.206 e. The number of hydrogen-bond donors (Lipinski definition) is 0. The van der Waals surface area contributed by atoms with Crippen molar-refractivity contribution < 1.29 is 17.6 Å². The Balaban J connectivity index is 2.29. The molecule has 6 heteroatoms. The molecule has 2 saturated carbocycles. The van der Waals surface area contributed by atoms with Gasteiger partial charge >= 0.3 is 0 Å². The third kappa shape index (κ3) is 0.640. The molecule has 0 saturated heterocycles. The molecule has 0 amide bonds. The van der Waals surface area contributed by atoms with Crippen molar-refractivity contribution in [2.75, 3.05) is 0 Å². The van der Waals surface area contributed by atoms with Crippen LogP contribution in [0.4, 0.5) is 17.6 Å². The van der Waals surface area contributed by atoms with Crippen LogP contribution in [0.15, 0.2) is 0 Å². The molecule has 0 aromatic rings. The van der Waals surface area contributed by atoms with E-state index in [9.17, 15) is 17.6 Å². The van der Waals surface area contributed by atoms with Gasteiger partial charge in [-0.15, -0.1) is 0 Å². The van der Waals surface area contributed by atoms with Crippen LogP contribution in [0.3, 0.4) is 0 Å². The minimum absolute atomic E-state index is 0.525. The van der Waals surface area contributed by atoms with Crippen LogP contribution in [0, 0.1) is 5.41 Å². The second-order valence-electron chi connectivity index (χ2n) is 3.42. The first-order valence-electron chi connectivity index (χ1n) is 3.30. The first kappa shape index (κ1) is 8.88. The predicted octanol–water partition coefficient (Wildman–Crippen LogP) is 3.22. The smallest absolute Gasteiger partial charge is 0.206 e. The summed E-state index contributed by atoms with van der Waals surface area (Å²) in [5.74, 6) is -6.95. The second kappa shape index (κ2) is 1.73. The van der Waals surface area contributed by atoms with Crippen molar-refractivity contribution in [3.8, 4) is 0 Å². The molecule has 2 fully saturated rings. The average Bonchev–Trinajstić information content (AvgIpc) is 2.35. The highest BCUT2D eigenvalue weighted by atomic mass is 35.5. The zero-order valence-electron chi connectivity index (χ0n) is 5.68. The van der Waals surface area contributed by atoms with E-state index in [1.165, 1.54) is 0 Å². The molecule has 0 aromatic heterocycles. The SMILES string of the molecule is FC1(F)CC12CC(Cl)(Cl)C2(F)F. The highest BCUT2D eigenvalue weighted by molar-refractivity contribution is 6.50. The van der Waals surface area contributed by atoms with E-state index >= 15 is 0 Å². The first-order valence-corrected chi connectivity index (χ1v) is 4.05. The van der Waals surface area contributed by atoms with Crippen molar-refractivity contribution in [2.24, 2.45) is 5.41 Å². The maximum Gasteiger partial charge on any atom is 0.292 e. The zero-order chi connectivity index (χ0) is 9.41. The Hall–Kier alpha value is 0.300. The zero-order valence-corrected chi connectivity index (χ0v) is 7.19. The molecule has 0 aromatic carbocycles. The average molecular weight is 223 g/mol. The third-order valence-corrected chi connectivity index (χ3v) is 3.43. The van der Waals surface area contributed by atoms with E-state index in [0.29, 0.717) is 0 Å². The highest BCUT2D eigenvalue weighted by Crippen LogP contribution is 2.82. The molecule has 1 atom stereocenters. The van der Waals surface area contributed by atoms with Crippen molar-refractivity contribution >= 4 is 23.2 Å². The summed E-state index contributed by atoms with van der Waals surface area (Å²) in [6.45, 7) is 0. The molecular weight excluding hydrogens is 219 g/mol. The van der Waals surface area contributed by atoms with Gasteiger partial charge in [0.2, 0.25) is 0 Å². The van der Waals surface area contributed by atoms with Crippen LogP contribution in [0.2, 0.25) is 0 Å². The molecule has 1 unspecified atom stereocenters. The maximum absolute atomic E-state index is 12.9. The van der Waals surface area contributed by atoms with Gasteiger partial charge < -0.3 is 0 Å². The molecule has 0 nitrogen and oxygen atoms in total. The highest BCUT2D eigenvalue weighted by Gasteiger charge is 2.94. The fourth-order valence-electron chi connectivity index (χ4n) is 1.71. The minimum atomic E-state index is -3.66. The number of halogens is 6. The van der Waals surface area contributed by atoms with Crippen LogP contribution in [0.5, 0.6) is 0 Å². The number of hydrogen-bond acceptors (Lipinski definition) is 0. The fraction of sp³-hybridized carbons (Fsp3) is 1.00. The fourth-order valence-corrected chi connectivity index (χ4v) is 2.53. The summed E-state index contributed by atoms with van der Waals surface area (Å²) >= 11 is 10.3. The van der Waals surface area contributed by atoms with E-state index in [2.05, 4.69) is 0 Å². The van der Waals surface area contributed by atoms with Gasteiger partial charge in [0.15, 0.2) is 4.33 Å². The molecule has 0 heterocycles. The maximum atomic E-state index is 12.9. The molecule has 2 aliphatic rings. The topological polar surface area (TPSA) is 0 Å². The van der Waals surface area contributed by atoms with Gasteiger partial charge in [-0.2, -0.15) is 0 Å². The monoisotopic (exact) mass is 222 g/mol. The van der Waals surface area contributed by atoms with Gasteiger partial charge in [-0.1, -0.05) is 23.2 Å². The van der Waals surface area contributed by atoms with Crippen LogP contribution in [0.1, 0.15) is 12.8 Å². The summed E-state index contributed by atoms with van der Waals surface area (Å²) in [6, 6.07) is 0. The Morgan fingerprint density at radius 1 is 0.917 bits per heavy atom. The van der Waals surface area contributed by atoms with Gasteiger partial charge in [0.05, 0.1) is 0 Å². The molecular formula is C6H4Cl2F4. The van der Waals surface area contributed by atoms with Gasteiger partial charge in [-0.25, -0.2) is 17.6 Å². The molecule has 0 radical (unpaired) electrons. The summed E-state index contributed by atoms with van der Waals surface area (Å²) < 4.78 is 48.5. The summed E-state index contributed by atoms with van der Waals surface area (Å²) in [5.41, 5.74) is -2.23. The molecule has 0 N–H and O–H groups in total. The van der Waals surface area contributed by atoms with Crippen molar-refractivity contribution in [1.82, 2.24) is 0 Å². The molecule has 2 rings (SSSR count). The lowest BCUT2D eigenvalue weighted by atomic mass is 9.75. The van der Waals surface area contributed by atoms with Crippen LogP contribution >= 0.6 is 23.2 Å². The van der Waals surface area contributed by atoms with Crippen molar-refractivity contribution in [2.45, 2.75) is 29.0 Å². The Kier molecular flexibility index (Phi) is 1.28. The lowest BCUT2D eigenvalue weighted by molar-refractivity contribution is -0.195. The van der Waals surface area contributed by atoms with Crippen molar-refractivity contribution in [1.29, 1.82) is 0 Å². The Morgan fingerprint density at radius 3 is 1.42 bits per heavy atom. The van der Waals surface area contributed by atoms with Crippen LogP contribution in [-0.4, -0.2) is 16.2 Å². The summed E-state index contributed by atoms with van der Waals surface area (Å²) in [6.07, 6.45) is -1.32. The van der Waals surface area contributed by atoms with Crippen LogP contribution < -0.4 is 0 Å². The van der Waals surface area contributed by atoms with Crippen molar-refractivity contribution in [3.63, 3.8) is 0 Å². The second-order valence-corrected chi connectivity index (χ2v) is 4.90. The molecule has 12 heavy (non-hydrogen) atoms. The standard InChI is InChI=1S/C6H4Cl2F4/c7-4(8)1-3(6(4,11)12)2-5(3,9)10/h1-2H2. The quantitative estimate of drug-likeness (QED) is 0.436. The van der Waals surface area contributed by atoms with Crippen LogP contribution in [0.25, 0.3) is 0 Å². The van der Waals surface area contributed by atoms with E-state index in [4.69, 9.17) is 23.2 Å².